The minimum Gasteiger partial charge on any atom is -0.367 e. The molecule has 0 bridgehead atoms. The third kappa shape index (κ3) is 3.94. The van der Waals surface area contributed by atoms with Crippen LogP contribution >= 0.6 is 0 Å². The van der Waals surface area contributed by atoms with E-state index in [0.29, 0.717) is 19.6 Å². The van der Waals surface area contributed by atoms with Gasteiger partial charge >= 0.3 is 0 Å². The van der Waals surface area contributed by atoms with Crippen LogP contribution in [0.3, 0.4) is 0 Å². The first-order chi connectivity index (χ1) is 10.8. The third-order valence-electron chi connectivity index (χ3n) is 2.96. The highest BCUT2D eigenvalue weighted by Crippen LogP contribution is 2.17. The summed E-state index contributed by atoms with van der Waals surface area (Å²) < 4.78 is 1.73. The summed E-state index contributed by atoms with van der Waals surface area (Å²) in [6.45, 7) is 8.51. The molecule has 8 nitrogen and oxygen atoms in total. The molecule has 0 amide bonds. The monoisotopic (exact) mass is 302 g/mol. The predicted molar refractivity (Wildman–Crippen MR) is 89.0 cm³/mol. The van der Waals surface area contributed by atoms with Crippen LogP contribution in [0.5, 0.6) is 0 Å². The molecule has 3 N–H and O–H groups in total. The molecule has 0 aliphatic heterocycles. The fourth-order valence-corrected chi connectivity index (χ4v) is 1.96. The van der Waals surface area contributed by atoms with Gasteiger partial charge in [0.2, 0.25) is 0 Å². The van der Waals surface area contributed by atoms with Crippen LogP contribution in [0.2, 0.25) is 0 Å². The van der Waals surface area contributed by atoms with Crippen LogP contribution in [0, 0.1) is 0 Å². The Balaban J connectivity index is 1.92. The van der Waals surface area contributed by atoms with Gasteiger partial charge in [-0.3, -0.25) is 9.67 Å². The molecule has 0 aliphatic rings. The first-order valence-electron chi connectivity index (χ1n) is 7.26. The van der Waals surface area contributed by atoms with Gasteiger partial charge in [-0.15, -0.1) is 6.58 Å². The lowest BCUT2D eigenvalue weighted by atomic mass is 10.4. The topological polar surface area (TPSA) is 92.1 Å². The number of nitrogens with zero attached hydrogens (tertiary/aromatic N) is 5. The maximum absolute atomic E-state index is 4.47. The van der Waals surface area contributed by atoms with Gasteiger partial charge in [0.15, 0.2) is 11.6 Å². The van der Waals surface area contributed by atoms with E-state index in [1.165, 1.54) is 6.33 Å². The second-order valence-corrected chi connectivity index (χ2v) is 4.58. The Bertz CT molecular complexity index is 645. The number of aromatic nitrogens is 4. The Morgan fingerprint density at radius 1 is 1.41 bits per heavy atom. The Morgan fingerprint density at radius 2 is 2.27 bits per heavy atom. The van der Waals surface area contributed by atoms with Gasteiger partial charge in [-0.1, -0.05) is 6.08 Å². The molecule has 2 aromatic heterocycles. The number of hydrogen-bond donors (Lipinski definition) is 3. The van der Waals surface area contributed by atoms with Gasteiger partial charge in [-0.05, 0) is 6.92 Å². The average molecular weight is 302 g/mol. The minimum atomic E-state index is 0.623. The highest BCUT2D eigenvalue weighted by Gasteiger charge is 2.06. The smallest absolute Gasteiger partial charge is 0.191 e. The van der Waals surface area contributed by atoms with Crippen molar-refractivity contribution in [2.45, 2.75) is 6.92 Å². The van der Waals surface area contributed by atoms with Gasteiger partial charge in [0, 0.05) is 26.7 Å². The summed E-state index contributed by atoms with van der Waals surface area (Å²) in [7, 11) is 1.86. The normalized spacial score (nSPS) is 11.5. The number of aryl methyl sites for hydroxylation is 1. The van der Waals surface area contributed by atoms with E-state index in [1.54, 1.807) is 17.0 Å². The molecule has 8 heteroatoms. The quantitative estimate of drug-likeness (QED) is 0.299. The number of guanidine groups is 1. The Labute approximate surface area is 129 Å². The molecule has 0 aromatic carbocycles. The Kier molecular flexibility index (Phi) is 5.70. The summed E-state index contributed by atoms with van der Waals surface area (Å²) in [5, 5.41) is 14.7. The van der Waals surface area contributed by atoms with E-state index < -0.39 is 0 Å². The zero-order chi connectivity index (χ0) is 15.8. The minimum absolute atomic E-state index is 0.623. The number of fused-ring (bicyclic) bond motifs is 1. The van der Waals surface area contributed by atoms with Gasteiger partial charge in [0.25, 0.3) is 0 Å². The van der Waals surface area contributed by atoms with Crippen molar-refractivity contribution in [3.05, 3.63) is 25.2 Å². The van der Waals surface area contributed by atoms with Crippen LogP contribution in [0.4, 0.5) is 5.82 Å². The number of rotatable bonds is 7. The maximum Gasteiger partial charge on any atom is 0.191 e. The lowest BCUT2D eigenvalue weighted by Gasteiger charge is -2.10. The van der Waals surface area contributed by atoms with Crippen LogP contribution < -0.4 is 16.0 Å². The van der Waals surface area contributed by atoms with Crippen LogP contribution in [-0.2, 0) is 7.05 Å². The van der Waals surface area contributed by atoms with Crippen molar-refractivity contribution < 1.29 is 0 Å². The van der Waals surface area contributed by atoms with E-state index in [-0.39, 0.29) is 0 Å². The molecule has 0 spiro atoms. The second kappa shape index (κ2) is 7.96. The standard InChI is InChI=1S/C14H22N8/c1-4-6-17-14(15-5-2)18-8-7-16-12-11-9-21-22(3)13(11)20-10-19-12/h4,9-10H,1,5-8H2,2-3H3,(H2,15,17,18)(H,16,19,20). The van der Waals surface area contributed by atoms with Crippen LogP contribution in [0.15, 0.2) is 30.2 Å². The van der Waals surface area contributed by atoms with E-state index in [2.05, 4.69) is 42.6 Å². The molecule has 0 atom stereocenters. The zero-order valence-corrected chi connectivity index (χ0v) is 13.0. The number of nitrogens with one attached hydrogen (secondary N) is 3. The molecule has 118 valence electrons. The summed E-state index contributed by atoms with van der Waals surface area (Å²) in [5.74, 6) is 1.55. The van der Waals surface area contributed by atoms with Gasteiger partial charge in [0.05, 0.1) is 18.1 Å². The van der Waals surface area contributed by atoms with E-state index >= 15 is 0 Å². The molecule has 2 heterocycles. The van der Waals surface area contributed by atoms with Gasteiger partial charge in [-0.25, -0.2) is 9.97 Å². The lowest BCUT2D eigenvalue weighted by molar-refractivity contribution is 0.785. The number of anilines is 1. The van der Waals surface area contributed by atoms with Crippen molar-refractivity contribution in [3.63, 3.8) is 0 Å². The van der Waals surface area contributed by atoms with Crippen molar-refractivity contribution in [1.82, 2.24) is 30.4 Å². The molecule has 2 aromatic rings. The van der Waals surface area contributed by atoms with E-state index in [4.69, 9.17) is 0 Å². The van der Waals surface area contributed by atoms with Crippen molar-refractivity contribution in [3.8, 4) is 0 Å². The molecule has 2 rings (SSSR count). The zero-order valence-electron chi connectivity index (χ0n) is 13.0. The summed E-state index contributed by atoms with van der Waals surface area (Å²) in [6.07, 6.45) is 5.09. The largest absolute Gasteiger partial charge is 0.367 e. The molecule has 0 fully saturated rings. The predicted octanol–water partition coefficient (Wildman–Crippen LogP) is 0.516. The second-order valence-electron chi connectivity index (χ2n) is 4.58. The van der Waals surface area contributed by atoms with E-state index in [1.807, 2.05) is 14.0 Å². The van der Waals surface area contributed by atoms with Crippen LogP contribution in [-0.4, -0.2) is 51.9 Å². The molecule has 0 saturated carbocycles. The SMILES string of the molecule is C=CCNC(=NCCNc1ncnc2c1cnn2C)NCC. The maximum atomic E-state index is 4.47. The average Bonchev–Trinajstić information content (AvgIpc) is 2.91. The summed E-state index contributed by atoms with van der Waals surface area (Å²) in [4.78, 5) is 12.9. The van der Waals surface area contributed by atoms with Crippen molar-refractivity contribution in [1.29, 1.82) is 0 Å². The van der Waals surface area contributed by atoms with Gasteiger partial charge in [-0.2, -0.15) is 5.10 Å². The highest BCUT2D eigenvalue weighted by molar-refractivity contribution is 5.86. The highest BCUT2D eigenvalue weighted by atomic mass is 15.3. The molecule has 0 unspecified atom stereocenters. The molecular weight excluding hydrogens is 280 g/mol. The van der Waals surface area contributed by atoms with Crippen molar-refractivity contribution in [2.75, 3.05) is 31.5 Å². The van der Waals surface area contributed by atoms with Crippen LogP contribution in [0.25, 0.3) is 11.0 Å². The van der Waals surface area contributed by atoms with E-state index in [0.717, 1.165) is 29.4 Å². The fourth-order valence-electron chi connectivity index (χ4n) is 1.96. The van der Waals surface area contributed by atoms with E-state index in [9.17, 15) is 0 Å². The van der Waals surface area contributed by atoms with Crippen LogP contribution in [0.1, 0.15) is 6.92 Å². The summed E-state index contributed by atoms with van der Waals surface area (Å²) in [5.41, 5.74) is 0.807. The molecular formula is C14H22N8. The molecule has 0 aliphatic carbocycles. The molecule has 0 saturated heterocycles. The Hall–Kier alpha value is -2.64. The lowest BCUT2D eigenvalue weighted by Crippen LogP contribution is -2.37. The first-order valence-corrected chi connectivity index (χ1v) is 7.26. The molecule has 22 heavy (non-hydrogen) atoms. The number of hydrogen-bond acceptors (Lipinski definition) is 5. The van der Waals surface area contributed by atoms with Crippen molar-refractivity contribution >= 4 is 22.8 Å². The van der Waals surface area contributed by atoms with Gasteiger partial charge in [0.1, 0.15) is 12.1 Å². The third-order valence-corrected chi connectivity index (χ3v) is 2.96. The van der Waals surface area contributed by atoms with Gasteiger partial charge < -0.3 is 16.0 Å². The first kappa shape index (κ1) is 15.7. The fraction of sp³-hybridized carbons (Fsp3) is 0.429. The van der Waals surface area contributed by atoms with Crippen molar-refractivity contribution in [2.24, 2.45) is 12.0 Å². The molecule has 0 radical (unpaired) electrons. The Morgan fingerprint density at radius 3 is 3.05 bits per heavy atom. The summed E-state index contributed by atoms with van der Waals surface area (Å²) >= 11 is 0. The summed E-state index contributed by atoms with van der Waals surface area (Å²) in [6, 6.07) is 0. The number of aliphatic imine (C=N–C) groups is 1.